The zero-order valence-corrected chi connectivity index (χ0v) is 14.2. The van der Waals surface area contributed by atoms with Crippen molar-refractivity contribution in [3.8, 4) is 0 Å². The summed E-state index contributed by atoms with van der Waals surface area (Å²) < 4.78 is 36.4. The summed E-state index contributed by atoms with van der Waals surface area (Å²) in [5.74, 6) is -0.513. The van der Waals surface area contributed by atoms with Crippen LogP contribution in [0.5, 0.6) is 0 Å². The number of unbranched alkanes of at least 4 members (excludes halogenated alkanes) is 9. The summed E-state index contributed by atoms with van der Waals surface area (Å²) in [5.41, 5.74) is 0. The molecule has 136 valence electrons. The van der Waals surface area contributed by atoms with Gasteiger partial charge >= 0.3 is 45.9 Å². The quantitative estimate of drug-likeness (QED) is 0.209. The van der Waals surface area contributed by atoms with Gasteiger partial charge in [0.2, 0.25) is 0 Å². The third kappa shape index (κ3) is 39.3. The van der Waals surface area contributed by atoms with Crippen LogP contribution in [0.25, 0.3) is 0 Å². The fourth-order valence-corrected chi connectivity index (χ4v) is 1.82. The normalized spacial score (nSPS) is 10.3. The number of carbonyl (C=O) groups excluding carboxylic acids is 1. The molecule has 0 aromatic carbocycles. The molecule has 0 aromatic rings. The van der Waals surface area contributed by atoms with E-state index in [2.05, 4.69) is 6.92 Å². The van der Waals surface area contributed by atoms with Gasteiger partial charge in [-0.3, -0.25) is 9.11 Å². The van der Waals surface area contributed by atoms with Crippen molar-refractivity contribution in [2.75, 3.05) is 13.2 Å². The fraction of sp³-hybridized carbons (Fsp3) is 0.929. The Kier molecular flexibility index (Phi) is 24.9. The first kappa shape index (κ1) is 28.1. The SMILES string of the molecule is CCCCCCCCCCCCOC(=O)CO.O=S(=O)(O)O.[NaH]. The third-order valence-corrected chi connectivity index (χ3v) is 2.89. The van der Waals surface area contributed by atoms with Crippen LogP contribution >= 0.6 is 0 Å². The van der Waals surface area contributed by atoms with Gasteiger partial charge in [0.25, 0.3) is 0 Å². The zero-order chi connectivity index (χ0) is 17.3. The topological polar surface area (TPSA) is 121 Å². The van der Waals surface area contributed by atoms with Crippen LogP contribution in [0, 0.1) is 0 Å². The summed E-state index contributed by atoms with van der Waals surface area (Å²) in [5, 5.41) is 8.42. The molecule has 0 radical (unpaired) electrons. The molecule has 0 unspecified atom stereocenters. The van der Waals surface area contributed by atoms with Crippen LogP contribution in [-0.2, 0) is 19.9 Å². The molecule has 0 aliphatic heterocycles. The van der Waals surface area contributed by atoms with Gasteiger partial charge in [-0.25, -0.2) is 4.79 Å². The van der Waals surface area contributed by atoms with Crippen molar-refractivity contribution in [1.29, 1.82) is 0 Å². The summed E-state index contributed by atoms with van der Waals surface area (Å²) >= 11 is 0. The molecular formula is C14H31NaO7S. The maximum atomic E-state index is 10.6. The number of hydrogen-bond donors (Lipinski definition) is 3. The Morgan fingerprint density at radius 3 is 1.57 bits per heavy atom. The van der Waals surface area contributed by atoms with Gasteiger partial charge in [-0.05, 0) is 6.42 Å². The Labute approximate surface area is 162 Å². The summed E-state index contributed by atoms with van der Waals surface area (Å²) in [6.07, 6.45) is 12.7. The van der Waals surface area contributed by atoms with Crippen molar-refractivity contribution in [2.24, 2.45) is 0 Å². The van der Waals surface area contributed by atoms with Crippen LogP contribution in [-0.4, -0.2) is 71.4 Å². The van der Waals surface area contributed by atoms with E-state index in [4.69, 9.17) is 27.4 Å². The molecule has 0 heterocycles. The molecular weight excluding hydrogens is 335 g/mol. The van der Waals surface area contributed by atoms with Crippen molar-refractivity contribution in [3.63, 3.8) is 0 Å². The van der Waals surface area contributed by atoms with Crippen molar-refractivity contribution < 1.29 is 32.2 Å². The Balaban J connectivity index is -0.000000578. The van der Waals surface area contributed by atoms with Crippen LogP contribution in [0.4, 0.5) is 0 Å². The average Bonchev–Trinajstić information content (AvgIpc) is 2.42. The summed E-state index contributed by atoms with van der Waals surface area (Å²) in [6, 6.07) is 0. The Morgan fingerprint density at radius 1 is 0.870 bits per heavy atom. The fourth-order valence-electron chi connectivity index (χ4n) is 1.82. The monoisotopic (exact) mass is 366 g/mol. The second-order valence-electron chi connectivity index (χ2n) is 5.01. The van der Waals surface area contributed by atoms with Crippen molar-refractivity contribution in [3.05, 3.63) is 0 Å². The molecule has 0 saturated carbocycles. The van der Waals surface area contributed by atoms with Gasteiger partial charge in [-0.15, -0.1) is 0 Å². The molecule has 0 saturated heterocycles. The molecule has 9 heteroatoms. The first-order valence-electron chi connectivity index (χ1n) is 7.77. The van der Waals surface area contributed by atoms with E-state index in [0.717, 1.165) is 12.8 Å². The summed E-state index contributed by atoms with van der Waals surface area (Å²) in [7, 11) is -4.67. The van der Waals surface area contributed by atoms with E-state index >= 15 is 0 Å². The molecule has 23 heavy (non-hydrogen) atoms. The first-order chi connectivity index (χ1) is 10.3. The van der Waals surface area contributed by atoms with Crippen molar-refractivity contribution >= 4 is 45.9 Å². The predicted molar refractivity (Wildman–Crippen MR) is 91.2 cm³/mol. The van der Waals surface area contributed by atoms with Crippen LogP contribution in [0.1, 0.15) is 71.1 Å². The Bertz CT molecular complexity index is 339. The molecule has 7 nitrogen and oxygen atoms in total. The van der Waals surface area contributed by atoms with Crippen LogP contribution in [0.2, 0.25) is 0 Å². The molecule has 0 fully saturated rings. The molecule has 0 atom stereocenters. The van der Waals surface area contributed by atoms with E-state index in [1.54, 1.807) is 0 Å². The number of rotatable bonds is 12. The first-order valence-corrected chi connectivity index (χ1v) is 9.17. The van der Waals surface area contributed by atoms with Crippen molar-refractivity contribution in [1.82, 2.24) is 0 Å². The molecule has 3 N–H and O–H groups in total. The minimum atomic E-state index is -4.67. The number of ether oxygens (including phenoxy) is 1. The van der Waals surface area contributed by atoms with E-state index in [9.17, 15) is 4.79 Å². The average molecular weight is 366 g/mol. The Hall–Kier alpha value is 0.300. The van der Waals surface area contributed by atoms with Crippen LogP contribution in [0.15, 0.2) is 0 Å². The standard InChI is InChI=1S/C14H28O3.Na.H2O4S.H/c1-2-3-4-5-6-7-8-9-10-11-12-17-14(16)13-15;;1-5(2,3)4;/h15H,2-13H2,1H3;;(H2,1,2,3,4);. The summed E-state index contributed by atoms with van der Waals surface area (Å²) in [6.45, 7) is 2.19. The van der Waals surface area contributed by atoms with Gasteiger partial charge < -0.3 is 9.84 Å². The van der Waals surface area contributed by atoms with E-state index in [1.165, 1.54) is 51.4 Å². The number of hydrogen-bond acceptors (Lipinski definition) is 5. The van der Waals surface area contributed by atoms with E-state index in [-0.39, 0.29) is 29.6 Å². The Morgan fingerprint density at radius 2 is 1.22 bits per heavy atom. The number of aliphatic hydroxyl groups excluding tert-OH is 1. The van der Waals surface area contributed by atoms with Crippen LogP contribution in [0.3, 0.4) is 0 Å². The van der Waals surface area contributed by atoms with Gasteiger partial charge in [-0.2, -0.15) is 8.42 Å². The number of aliphatic hydroxyl groups is 1. The van der Waals surface area contributed by atoms with Gasteiger partial charge in [0.15, 0.2) is 0 Å². The molecule has 0 aromatic heterocycles. The minimum absolute atomic E-state index is 0. The molecule has 0 bridgehead atoms. The van der Waals surface area contributed by atoms with E-state index in [1.807, 2.05) is 0 Å². The number of esters is 1. The van der Waals surface area contributed by atoms with Gasteiger partial charge in [0.1, 0.15) is 6.61 Å². The molecule has 0 rings (SSSR count). The third-order valence-electron chi connectivity index (χ3n) is 2.89. The summed E-state index contributed by atoms with van der Waals surface area (Å²) in [4.78, 5) is 10.6. The van der Waals surface area contributed by atoms with Gasteiger partial charge in [-0.1, -0.05) is 64.7 Å². The van der Waals surface area contributed by atoms with E-state index in [0.29, 0.717) is 6.61 Å². The maximum absolute atomic E-state index is 10.6. The van der Waals surface area contributed by atoms with Crippen LogP contribution < -0.4 is 0 Å². The predicted octanol–water partition coefficient (Wildman–Crippen LogP) is 2.14. The molecule has 0 spiro atoms. The number of carbonyl (C=O) groups is 1. The molecule has 0 aliphatic carbocycles. The van der Waals surface area contributed by atoms with Gasteiger partial charge in [0, 0.05) is 0 Å². The zero-order valence-electron chi connectivity index (χ0n) is 13.4. The van der Waals surface area contributed by atoms with Crippen molar-refractivity contribution in [2.45, 2.75) is 71.1 Å². The molecule has 0 amide bonds. The molecule has 0 aliphatic rings. The second-order valence-corrected chi connectivity index (χ2v) is 5.90. The second kappa shape index (κ2) is 20.3. The van der Waals surface area contributed by atoms with E-state index < -0.39 is 23.0 Å². The van der Waals surface area contributed by atoms with Gasteiger partial charge in [0.05, 0.1) is 6.61 Å².